The number of ketones is 1. The zero-order valence-corrected chi connectivity index (χ0v) is 16.9. The number of carbonyl (C=O) groups excluding carboxylic acids is 1. The second kappa shape index (κ2) is 8.72. The fourth-order valence-corrected chi connectivity index (χ4v) is 3.15. The van der Waals surface area contributed by atoms with Gasteiger partial charge in [0.15, 0.2) is 5.78 Å². The lowest BCUT2D eigenvalue weighted by Crippen LogP contribution is -2.15. The number of carbonyl (C=O) groups is 1. The van der Waals surface area contributed by atoms with Gasteiger partial charge in [-0.3, -0.25) is 4.79 Å². The number of hydrogen-bond acceptors (Lipinski definition) is 2. The monoisotopic (exact) mass is 447 g/mol. The molecule has 0 bridgehead atoms. The van der Waals surface area contributed by atoms with Crippen molar-refractivity contribution in [3.8, 4) is 0 Å². The molecular weight excluding hydrogens is 433 g/mol. The number of anilines is 1. The van der Waals surface area contributed by atoms with Gasteiger partial charge < -0.3 is 5.32 Å². The maximum atomic E-state index is 12.7. The lowest BCUT2D eigenvalue weighted by molar-refractivity contribution is 0.0976. The molecule has 0 aliphatic heterocycles. The summed E-state index contributed by atoms with van der Waals surface area (Å²) < 4.78 is 0.996. The maximum absolute atomic E-state index is 12.7. The first-order chi connectivity index (χ1) is 12.5. The molecule has 1 unspecified atom stereocenters. The summed E-state index contributed by atoms with van der Waals surface area (Å²) in [6.07, 6.45) is 0.325. The van der Waals surface area contributed by atoms with Crippen molar-refractivity contribution in [1.29, 1.82) is 0 Å². The zero-order chi connectivity index (χ0) is 18.5. The van der Waals surface area contributed by atoms with Crippen LogP contribution in [0.15, 0.2) is 77.3 Å². The number of halogens is 3. The molecular formula is C21H16BrCl2NO. The molecule has 3 rings (SSSR count). The van der Waals surface area contributed by atoms with Crippen LogP contribution in [-0.2, 0) is 0 Å². The van der Waals surface area contributed by atoms with E-state index in [2.05, 4.69) is 21.2 Å². The van der Waals surface area contributed by atoms with E-state index in [4.69, 9.17) is 23.2 Å². The van der Waals surface area contributed by atoms with Crippen molar-refractivity contribution >= 4 is 50.6 Å². The van der Waals surface area contributed by atoms with Gasteiger partial charge in [-0.05, 0) is 66.2 Å². The van der Waals surface area contributed by atoms with E-state index in [-0.39, 0.29) is 11.8 Å². The molecule has 1 N–H and O–H groups in total. The molecule has 0 fully saturated rings. The average molecular weight is 449 g/mol. The molecule has 0 aliphatic carbocycles. The van der Waals surface area contributed by atoms with Gasteiger partial charge in [-0.2, -0.15) is 0 Å². The Balaban J connectivity index is 1.84. The minimum atomic E-state index is -0.160. The van der Waals surface area contributed by atoms with Gasteiger partial charge in [0.1, 0.15) is 0 Å². The Labute approximate surface area is 171 Å². The van der Waals surface area contributed by atoms with Gasteiger partial charge in [0.2, 0.25) is 0 Å². The zero-order valence-electron chi connectivity index (χ0n) is 13.8. The standard InChI is InChI=1S/C21H16BrCl2NO/c22-16-5-1-14(2-6-16)20(25-19-11-9-18(24)10-12-19)13-21(26)15-3-7-17(23)8-4-15/h1-12,20,25H,13H2. The van der Waals surface area contributed by atoms with Crippen LogP contribution in [0.1, 0.15) is 28.4 Å². The Kier molecular flexibility index (Phi) is 6.36. The van der Waals surface area contributed by atoms with Crippen molar-refractivity contribution in [2.75, 3.05) is 5.32 Å². The Bertz CT molecular complexity index is 877. The maximum Gasteiger partial charge on any atom is 0.165 e. The average Bonchev–Trinajstić information content (AvgIpc) is 2.64. The molecule has 0 saturated carbocycles. The van der Waals surface area contributed by atoms with Crippen LogP contribution < -0.4 is 5.32 Å². The molecule has 3 aromatic rings. The molecule has 0 aromatic heterocycles. The molecule has 0 heterocycles. The highest BCUT2D eigenvalue weighted by molar-refractivity contribution is 9.10. The van der Waals surface area contributed by atoms with Gasteiger partial charge in [0.05, 0.1) is 6.04 Å². The van der Waals surface area contributed by atoms with E-state index in [9.17, 15) is 4.79 Å². The summed E-state index contributed by atoms with van der Waals surface area (Å²) in [7, 11) is 0. The van der Waals surface area contributed by atoms with Crippen molar-refractivity contribution in [2.45, 2.75) is 12.5 Å². The molecule has 132 valence electrons. The molecule has 0 radical (unpaired) electrons. The Morgan fingerprint density at radius 1 is 0.846 bits per heavy atom. The molecule has 5 heteroatoms. The predicted octanol–water partition coefficient (Wildman–Crippen LogP) is 7.18. The Morgan fingerprint density at radius 3 is 1.96 bits per heavy atom. The minimum Gasteiger partial charge on any atom is -0.378 e. The van der Waals surface area contributed by atoms with E-state index < -0.39 is 0 Å². The highest BCUT2D eigenvalue weighted by Gasteiger charge is 2.17. The molecule has 0 aliphatic rings. The number of nitrogens with one attached hydrogen (secondary N) is 1. The van der Waals surface area contributed by atoms with Gasteiger partial charge in [-0.15, -0.1) is 0 Å². The van der Waals surface area contributed by atoms with Gasteiger partial charge in [0, 0.05) is 32.2 Å². The van der Waals surface area contributed by atoms with Crippen LogP contribution in [0.3, 0.4) is 0 Å². The normalized spacial score (nSPS) is 11.8. The number of Topliss-reactive ketones (excluding diaryl/α,β-unsaturated/α-hetero) is 1. The second-order valence-electron chi connectivity index (χ2n) is 5.89. The quantitative estimate of drug-likeness (QED) is 0.404. The number of rotatable bonds is 6. The highest BCUT2D eigenvalue weighted by Crippen LogP contribution is 2.27. The molecule has 0 saturated heterocycles. The van der Waals surface area contributed by atoms with E-state index in [1.807, 2.05) is 48.5 Å². The van der Waals surface area contributed by atoms with Crippen LogP contribution in [-0.4, -0.2) is 5.78 Å². The Hall–Kier alpha value is -1.81. The fraction of sp³-hybridized carbons (Fsp3) is 0.0952. The van der Waals surface area contributed by atoms with Crippen LogP contribution in [0.2, 0.25) is 10.0 Å². The molecule has 0 amide bonds. The molecule has 0 spiro atoms. The molecule has 3 aromatic carbocycles. The second-order valence-corrected chi connectivity index (χ2v) is 7.68. The van der Waals surface area contributed by atoms with Gasteiger partial charge in [-0.1, -0.05) is 51.3 Å². The van der Waals surface area contributed by atoms with Gasteiger partial charge >= 0.3 is 0 Å². The van der Waals surface area contributed by atoms with E-state index in [1.54, 1.807) is 24.3 Å². The van der Waals surface area contributed by atoms with E-state index >= 15 is 0 Å². The summed E-state index contributed by atoms with van der Waals surface area (Å²) in [6.45, 7) is 0. The highest BCUT2D eigenvalue weighted by atomic mass is 79.9. The Morgan fingerprint density at radius 2 is 1.38 bits per heavy atom. The van der Waals surface area contributed by atoms with Crippen molar-refractivity contribution in [3.05, 3.63) is 98.4 Å². The summed E-state index contributed by atoms with van der Waals surface area (Å²) in [5, 5.41) is 4.72. The van der Waals surface area contributed by atoms with E-state index in [1.165, 1.54) is 0 Å². The summed E-state index contributed by atoms with van der Waals surface area (Å²) >= 11 is 15.3. The minimum absolute atomic E-state index is 0.0519. The first-order valence-electron chi connectivity index (χ1n) is 8.07. The topological polar surface area (TPSA) is 29.1 Å². The first kappa shape index (κ1) is 19.0. The third kappa shape index (κ3) is 5.10. The van der Waals surface area contributed by atoms with Crippen molar-refractivity contribution in [1.82, 2.24) is 0 Å². The van der Waals surface area contributed by atoms with Crippen LogP contribution in [0.25, 0.3) is 0 Å². The third-order valence-corrected chi connectivity index (χ3v) is 5.05. The summed E-state index contributed by atoms with van der Waals surface area (Å²) in [6, 6.07) is 22.2. The van der Waals surface area contributed by atoms with Crippen LogP contribution in [0, 0.1) is 0 Å². The summed E-state index contributed by atoms with van der Waals surface area (Å²) in [4.78, 5) is 12.7. The SMILES string of the molecule is O=C(CC(Nc1ccc(Cl)cc1)c1ccc(Br)cc1)c1ccc(Cl)cc1. The number of hydrogen-bond donors (Lipinski definition) is 1. The van der Waals surface area contributed by atoms with E-state index in [0.717, 1.165) is 15.7 Å². The van der Waals surface area contributed by atoms with Crippen molar-refractivity contribution in [2.24, 2.45) is 0 Å². The summed E-state index contributed by atoms with van der Waals surface area (Å²) in [5.41, 5.74) is 2.59. The first-order valence-corrected chi connectivity index (χ1v) is 9.62. The van der Waals surface area contributed by atoms with Gasteiger partial charge in [0.25, 0.3) is 0 Å². The molecule has 26 heavy (non-hydrogen) atoms. The fourth-order valence-electron chi connectivity index (χ4n) is 2.63. The lowest BCUT2D eigenvalue weighted by Gasteiger charge is -2.20. The number of benzene rings is 3. The molecule has 1 atom stereocenters. The lowest BCUT2D eigenvalue weighted by atomic mass is 9.97. The van der Waals surface area contributed by atoms with Crippen molar-refractivity contribution < 1.29 is 4.79 Å². The largest absolute Gasteiger partial charge is 0.378 e. The smallest absolute Gasteiger partial charge is 0.165 e. The van der Waals surface area contributed by atoms with Crippen LogP contribution >= 0.6 is 39.1 Å². The van der Waals surface area contributed by atoms with E-state index in [0.29, 0.717) is 22.0 Å². The van der Waals surface area contributed by atoms with Crippen LogP contribution in [0.4, 0.5) is 5.69 Å². The van der Waals surface area contributed by atoms with Crippen molar-refractivity contribution in [3.63, 3.8) is 0 Å². The van der Waals surface area contributed by atoms with Crippen LogP contribution in [0.5, 0.6) is 0 Å². The third-order valence-electron chi connectivity index (χ3n) is 4.01. The summed E-state index contributed by atoms with van der Waals surface area (Å²) in [5.74, 6) is 0.0519. The predicted molar refractivity (Wildman–Crippen MR) is 112 cm³/mol. The van der Waals surface area contributed by atoms with Gasteiger partial charge in [-0.25, -0.2) is 0 Å². The molecule has 2 nitrogen and oxygen atoms in total.